The first kappa shape index (κ1) is 17.3. The summed E-state index contributed by atoms with van der Waals surface area (Å²) >= 11 is 0. The van der Waals surface area contributed by atoms with Crippen molar-refractivity contribution in [3.63, 3.8) is 0 Å². The lowest BCUT2D eigenvalue weighted by Gasteiger charge is -2.22. The quantitative estimate of drug-likeness (QED) is 0.614. The van der Waals surface area contributed by atoms with E-state index in [2.05, 4.69) is 0 Å². The first-order chi connectivity index (χ1) is 13.0. The molecule has 2 aromatic rings. The van der Waals surface area contributed by atoms with E-state index in [0.717, 1.165) is 5.56 Å². The van der Waals surface area contributed by atoms with Gasteiger partial charge in [0, 0.05) is 0 Å². The van der Waals surface area contributed by atoms with Crippen molar-refractivity contribution in [3.05, 3.63) is 59.7 Å². The van der Waals surface area contributed by atoms with Crippen LogP contribution >= 0.6 is 0 Å². The van der Waals surface area contributed by atoms with E-state index in [1.54, 1.807) is 31.4 Å². The molecule has 27 heavy (non-hydrogen) atoms. The van der Waals surface area contributed by atoms with Crippen LogP contribution in [0.3, 0.4) is 0 Å². The molecule has 1 heterocycles. The number of amides is 2. The minimum absolute atomic E-state index is 0.374. The Morgan fingerprint density at radius 3 is 2.19 bits per heavy atom. The number of rotatable bonds is 4. The summed E-state index contributed by atoms with van der Waals surface area (Å²) in [4.78, 5) is 39.9. The maximum Gasteiger partial charge on any atom is 0.310 e. The smallest absolute Gasteiger partial charge is 0.310 e. The van der Waals surface area contributed by atoms with Gasteiger partial charge in [-0.25, -0.2) is 4.90 Å². The number of methoxy groups -OCH3 is 2. The fourth-order valence-corrected chi connectivity index (χ4v) is 4.15. The Morgan fingerprint density at radius 1 is 1.00 bits per heavy atom. The number of hydrogen-bond acceptors (Lipinski definition) is 5. The Morgan fingerprint density at radius 2 is 1.63 bits per heavy atom. The Balaban J connectivity index is 1.79. The molecule has 6 nitrogen and oxygen atoms in total. The minimum Gasteiger partial charge on any atom is -0.497 e. The third-order valence-electron chi connectivity index (χ3n) is 5.56. The summed E-state index contributed by atoms with van der Waals surface area (Å²) < 4.78 is 10.00. The Hall–Kier alpha value is -3.15. The van der Waals surface area contributed by atoms with Crippen molar-refractivity contribution in [1.82, 2.24) is 0 Å². The molecule has 6 heteroatoms. The second kappa shape index (κ2) is 5.94. The van der Waals surface area contributed by atoms with E-state index >= 15 is 0 Å². The summed E-state index contributed by atoms with van der Waals surface area (Å²) in [6, 6.07) is 14.1. The summed E-state index contributed by atoms with van der Waals surface area (Å²) in [6.07, 6.45) is 0. The second-order valence-electron chi connectivity index (χ2n) is 6.89. The first-order valence-electron chi connectivity index (χ1n) is 8.64. The maximum absolute atomic E-state index is 13.4. The van der Waals surface area contributed by atoms with Crippen LogP contribution in [0.4, 0.5) is 5.69 Å². The number of fused-ring (bicyclic) bond motifs is 1. The zero-order valence-electron chi connectivity index (χ0n) is 15.3. The average molecular weight is 365 g/mol. The molecule has 4 rings (SSSR count). The summed E-state index contributed by atoms with van der Waals surface area (Å²) in [6.45, 7) is 1.94. The number of aryl methyl sites for hydroxylation is 1. The van der Waals surface area contributed by atoms with Crippen LogP contribution in [0.1, 0.15) is 11.1 Å². The van der Waals surface area contributed by atoms with Crippen LogP contribution < -0.4 is 9.64 Å². The van der Waals surface area contributed by atoms with Crippen LogP contribution in [-0.4, -0.2) is 32.0 Å². The average Bonchev–Trinajstić information content (AvgIpc) is 3.33. The summed E-state index contributed by atoms with van der Waals surface area (Å²) in [5, 5.41) is 0. The van der Waals surface area contributed by atoms with Crippen LogP contribution in [0.15, 0.2) is 48.5 Å². The standard InChI is InChI=1S/C21H19NO5/c1-12-4-6-13(7-5-12)21-16(17(21)19(24)27-3)18(23)22(20(21)25)14-8-10-15(26-2)11-9-14/h4-11,16-17H,1-3H3/t16-,17-,21+/m0/s1. The van der Waals surface area contributed by atoms with Gasteiger partial charge in [0.05, 0.1) is 31.7 Å². The lowest BCUT2D eigenvalue weighted by atomic mass is 9.91. The van der Waals surface area contributed by atoms with Crippen LogP contribution in [0.25, 0.3) is 0 Å². The summed E-state index contributed by atoms with van der Waals surface area (Å²) in [5.74, 6) is -2.18. The normalized spacial score (nSPS) is 26.0. The number of hydrogen-bond donors (Lipinski definition) is 0. The third-order valence-corrected chi connectivity index (χ3v) is 5.56. The molecule has 0 spiro atoms. The highest BCUT2D eigenvalue weighted by Gasteiger charge is 2.83. The zero-order chi connectivity index (χ0) is 19.3. The number of piperidine rings is 1. The molecule has 0 bridgehead atoms. The summed E-state index contributed by atoms with van der Waals surface area (Å²) in [5.41, 5.74) is 0.986. The minimum atomic E-state index is -1.18. The molecule has 2 aromatic carbocycles. The van der Waals surface area contributed by atoms with Crippen molar-refractivity contribution in [2.24, 2.45) is 11.8 Å². The molecule has 1 aliphatic carbocycles. The van der Waals surface area contributed by atoms with Crippen LogP contribution in [0.5, 0.6) is 5.75 Å². The van der Waals surface area contributed by atoms with E-state index in [1.165, 1.54) is 12.0 Å². The molecular weight excluding hydrogens is 346 g/mol. The van der Waals surface area contributed by atoms with E-state index < -0.39 is 23.2 Å². The van der Waals surface area contributed by atoms with Crippen molar-refractivity contribution in [2.45, 2.75) is 12.3 Å². The number of benzene rings is 2. The highest BCUT2D eigenvalue weighted by atomic mass is 16.5. The van der Waals surface area contributed by atoms with Crippen molar-refractivity contribution < 1.29 is 23.9 Å². The zero-order valence-corrected chi connectivity index (χ0v) is 15.3. The summed E-state index contributed by atoms with van der Waals surface area (Å²) in [7, 11) is 2.82. The molecule has 2 fully saturated rings. The number of anilines is 1. The number of ether oxygens (including phenoxy) is 2. The molecule has 0 aromatic heterocycles. The second-order valence-corrected chi connectivity index (χ2v) is 6.89. The van der Waals surface area contributed by atoms with Crippen LogP contribution in [0, 0.1) is 18.8 Å². The van der Waals surface area contributed by atoms with Gasteiger partial charge in [0.2, 0.25) is 11.8 Å². The van der Waals surface area contributed by atoms with E-state index in [0.29, 0.717) is 17.0 Å². The molecule has 1 aliphatic heterocycles. The predicted octanol–water partition coefficient (Wildman–Crippen LogP) is 2.23. The fourth-order valence-electron chi connectivity index (χ4n) is 4.15. The van der Waals surface area contributed by atoms with Crippen LogP contribution in [0.2, 0.25) is 0 Å². The molecule has 0 unspecified atom stereocenters. The molecule has 2 aliphatic rings. The van der Waals surface area contributed by atoms with E-state index in [4.69, 9.17) is 9.47 Å². The highest BCUT2D eigenvalue weighted by Crippen LogP contribution is 2.66. The number of esters is 1. The predicted molar refractivity (Wildman–Crippen MR) is 97.3 cm³/mol. The molecule has 138 valence electrons. The molecule has 0 radical (unpaired) electrons. The van der Waals surface area contributed by atoms with Crippen molar-refractivity contribution in [3.8, 4) is 5.75 Å². The monoisotopic (exact) mass is 365 g/mol. The van der Waals surface area contributed by atoms with Gasteiger partial charge >= 0.3 is 5.97 Å². The van der Waals surface area contributed by atoms with Crippen molar-refractivity contribution in [2.75, 3.05) is 19.1 Å². The fraction of sp³-hybridized carbons (Fsp3) is 0.286. The molecule has 3 atom stereocenters. The molecular formula is C21H19NO5. The topological polar surface area (TPSA) is 72.9 Å². The van der Waals surface area contributed by atoms with Gasteiger partial charge in [-0.2, -0.15) is 0 Å². The Kier molecular flexibility index (Phi) is 3.80. The SMILES string of the molecule is COC(=O)[C@@H]1[C@H]2C(=O)N(c3ccc(OC)cc3)C(=O)[C@@]12c1ccc(C)cc1. The van der Waals surface area contributed by atoms with Gasteiger partial charge in [-0.05, 0) is 36.8 Å². The van der Waals surface area contributed by atoms with Crippen molar-refractivity contribution >= 4 is 23.5 Å². The third kappa shape index (κ3) is 2.22. The van der Waals surface area contributed by atoms with Crippen LogP contribution in [-0.2, 0) is 24.5 Å². The van der Waals surface area contributed by atoms with Gasteiger partial charge in [-0.1, -0.05) is 29.8 Å². The molecule has 0 N–H and O–H groups in total. The largest absolute Gasteiger partial charge is 0.497 e. The lowest BCUT2D eigenvalue weighted by molar-refractivity contribution is -0.145. The number of carbonyl (C=O) groups excluding carboxylic acids is 3. The first-order valence-corrected chi connectivity index (χ1v) is 8.64. The van der Waals surface area contributed by atoms with Gasteiger partial charge < -0.3 is 9.47 Å². The Labute approximate surface area is 156 Å². The highest BCUT2D eigenvalue weighted by molar-refractivity contribution is 6.31. The van der Waals surface area contributed by atoms with E-state index in [1.807, 2.05) is 31.2 Å². The van der Waals surface area contributed by atoms with Gasteiger partial charge in [0.15, 0.2) is 0 Å². The Bertz CT molecular complexity index is 934. The molecule has 1 saturated heterocycles. The van der Waals surface area contributed by atoms with Crippen molar-refractivity contribution in [1.29, 1.82) is 0 Å². The number of nitrogens with zero attached hydrogens (tertiary/aromatic N) is 1. The van der Waals surface area contributed by atoms with Gasteiger partial charge in [-0.15, -0.1) is 0 Å². The lowest BCUT2D eigenvalue weighted by Crippen LogP contribution is -2.40. The van der Waals surface area contributed by atoms with E-state index in [-0.39, 0.29) is 11.8 Å². The van der Waals surface area contributed by atoms with Gasteiger partial charge in [-0.3, -0.25) is 14.4 Å². The molecule has 1 saturated carbocycles. The van der Waals surface area contributed by atoms with Gasteiger partial charge in [0.25, 0.3) is 0 Å². The number of carbonyl (C=O) groups is 3. The van der Waals surface area contributed by atoms with E-state index in [9.17, 15) is 14.4 Å². The maximum atomic E-state index is 13.4. The number of imide groups is 1. The molecule has 2 amide bonds. The van der Waals surface area contributed by atoms with Gasteiger partial charge in [0.1, 0.15) is 11.2 Å².